The van der Waals surface area contributed by atoms with Crippen molar-refractivity contribution in [2.24, 2.45) is 28.6 Å². The summed E-state index contributed by atoms with van der Waals surface area (Å²) in [5.74, 6) is 0.932. The van der Waals surface area contributed by atoms with Gasteiger partial charge in [-0.15, -0.1) is 0 Å². The van der Waals surface area contributed by atoms with E-state index in [1.807, 2.05) is 13.8 Å². The summed E-state index contributed by atoms with van der Waals surface area (Å²) in [5, 5.41) is 0. The standard InChI is InChI=1S/C21H34O4/c1-13(2)14(22)8-9-15-19(3)10-7-11-20(4,18(23)24-6)16(19)12-17-21(15,5)25-17/h13,15-17H,7-12H2,1-6H3/t15-,16-,17-,19-,20-,21+/m1/s1. The lowest BCUT2D eigenvalue weighted by Crippen LogP contribution is -2.57. The summed E-state index contributed by atoms with van der Waals surface area (Å²) in [5.41, 5.74) is -0.521. The highest BCUT2D eigenvalue weighted by Crippen LogP contribution is 2.69. The highest BCUT2D eigenvalue weighted by molar-refractivity contribution is 5.80. The number of ketones is 1. The van der Waals surface area contributed by atoms with Crippen LogP contribution < -0.4 is 0 Å². The molecule has 25 heavy (non-hydrogen) atoms. The van der Waals surface area contributed by atoms with Crippen molar-refractivity contribution in [3.63, 3.8) is 0 Å². The summed E-state index contributed by atoms with van der Waals surface area (Å²) < 4.78 is 11.4. The van der Waals surface area contributed by atoms with Gasteiger partial charge in [0.1, 0.15) is 5.78 Å². The van der Waals surface area contributed by atoms with E-state index < -0.39 is 5.41 Å². The van der Waals surface area contributed by atoms with E-state index >= 15 is 0 Å². The molecule has 2 saturated carbocycles. The second kappa shape index (κ2) is 6.07. The number of fused-ring (bicyclic) bond motifs is 2. The average molecular weight is 350 g/mol. The number of rotatable bonds is 5. The van der Waals surface area contributed by atoms with Crippen molar-refractivity contribution in [1.29, 1.82) is 0 Å². The Morgan fingerprint density at radius 2 is 1.88 bits per heavy atom. The molecule has 4 nitrogen and oxygen atoms in total. The first-order valence-electron chi connectivity index (χ1n) is 9.88. The monoisotopic (exact) mass is 350 g/mol. The summed E-state index contributed by atoms with van der Waals surface area (Å²) >= 11 is 0. The molecule has 3 aliphatic rings. The molecule has 0 aromatic heterocycles. The summed E-state index contributed by atoms with van der Waals surface area (Å²) in [4.78, 5) is 24.9. The van der Waals surface area contributed by atoms with Crippen LogP contribution in [0.5, 0.6) is 0 Å². The number of ether oxygens (including phenoxy) is 2. The number of esters is 1. The van der Waals surface area contributed by atoms with Crippen molar-refractivity contribution >= 4 is 11.8 Å². The molecule has 6 atom stereocenters. The van der Waals surface area contributed by atoms with Crippen LogP contribution >= 0.6 is 0 Å². The van der Waals surface area contributed by atoms with Gasteiger partial charge in [-0.1, -0.05) is 27.2 Å². The molecule has 0 aromatic carbocycles. The molecule has 3 rings (SSSR count). The molecule has 0 bridgehead atoms. The smallest absolute Gasteiger partial charge is 0.311 e. The second-order valence-electron chi connectivity index (χ2n) is 9.56. The van der Waals surface area contributed by atoms with Crippen molar-refractivity contribution in [2.45, 2.75) is 84.8 Å². The van der Waals surface area contributed by atoms with Crippen molar-refractivity contribution in [3.05, 3.63) is 0 Å². The van der Waals surface area contributed by atoms with Crippen LogP contribution in [0, 0.1) is 28.6 Å². The van der Waals surface area contributed by atoms with Crippen LogP contribution in [-0.4, -0.2) is 30.6 Å². The molecular weight excluding hydrogens is 316 g/mol. The minimum atomic E-state index is -0.435. The fourth-order valence-corrected chi connectivity index (χ4v) is 6.26. The van der Waals surface area contributed by atoms with Gasteiger partial charge in [0.05, 0.1) is 24.2 Å². The molecule has 0 aromatic rings. The normalized spacial score (nSPS) is 45.5. The van der Waals surface area contributed by atoms with Gasteiger partial charge < -0.3 is 9.47 Å². The predicted molar refractivity (Wildman–Crippen MR) is 96.0 cm³/mol. The molecule has 4 heteroatoms. The van der Waals surface area contributed by atoms with Gasteiger partial charge >= 0.3 is 5.97 Å². The second-order valence-corrected chi connectivity index (χ2v) is 9.56. The van der Waals surface area contributed by atoms with Crippen LogP contribution in [0.25, 0.3) is 0 Å². The lowest BCUT2D eigenvalue weighted by molar-refractivity contribution is -0.170. The zero-order chi connectivity index (χ0) is 18.6. The minimum absolute atomic E-state index is 0.0280. The first kappa shape index (κ1) is 18.9. The molecule has 1 heterocycles. The Bertz CT molecular complexity index is 570. The van der Waals surface area contributed by atoms with Crippen molar-refractivity contribution in [3.8, 4) is 0 Å². The first-order valence-corrected chi connectivity index (χ1v) is 9.88. The van der Waals surface area contributed by atoms with Gasteiger partial charge in [-0.25, -0.2) is 0 Å². The topological polar surface area (TPSA) is 55.9 Å². The van der Waals surface area contributed by atoms with Gasteiger partial charge in [0.2, 0.25) is 0 Å². The lowest BCUT2D eigenvalue weighted by Gasteiger charge is -2.57. The van der Waals surface area contributed by atoms with Crippen molar-refractivity contribution in [2.75, 3.05) is 7.11 Å². The van der Waals surface area contributed by atoms with Crippen LogP contribution in [0.4, 0.5) is 0 Å². The molecule has 0 amide bonds. The van der Waals surface area contributed by atoms with Gasteiger partial charge in [0.15, 0.2) is 0 Å². The Labute approximate surface area is 152 Å². The summed E-state index contributed by atoms with van der Waals surface area (Å²) in [6, 6.07) is 0. The van der Waals surface area contributed by atoms with Gasteiger partial charge in [-0.05, 0) is 56.8 Å². The van der Waals surface area contributed by atoms with Crippen LogP contribution in [0.1, 0.15) is 73.1 Å². The molecular formula is C21H34O4. The Morgan fingerprint density at radius 1 is 1.20 bits per heavy atom. The Hall–Kier alpha value is -0.900. The zero-order valence-electron chi connectivity index (χ0n) is 16.7. The van der Waals surface area contributed by atoms with Gasteiger partial charge in [0.25, 0.3) is 0 Å². The highest BCUT2D eigenvalue weighted by Gasteiger charge is 2.71. The summed E-state index contributed by atoms with van der Waals surface area (Å²) in [6.07, 6.45) is 5.69. The number of Topliss-reactive ketones (excluding diaryl/α,β-unsaturated/α-hetero) is 1. The average Bonchev–Trinajstić information content (AvgIpc) is 3.21. The molecule has 1 saturated heterocycles. The zero-order valence-corrected chi connectivity index (χ0v) is 16.7. The lowest BCUT2D eigenvalue weighted by atomic mass is 9.45. The van der Waals surface area contributed by atoms with Gasteiger partial charge in [0, 0.05) is 12.3 Å². The molecule has 3 fully saturated rings. The fourth-order valence-electron chi connectivity index (χ4n) is 6.26. The maximum Gasteiger partial charge on any atom is 0.311 e. The van der Waals surface area contributed by atoms with E-state index in [0.717, 1.165) is 32.1 Å². The Balaban J connectivity index is 1.90. The van der Waals surface area contributed by atoms with Crippen LogP contribution in [0.2, 0.25) is 0 Å². The SMILES string of the molecule is COC(=O)[C@]1(C)CCC[C@]2(C)[C@@H](CCC(=O)C(C)C)[C@]3(C)O[C@@H]3C[C@H]21. The Morgan fingerprint density at radius 3 is 2.48 bits per heavy atom. The minimum Gasteiger partial charge on any atom is -0.469 e. The van der Waals surface area contributed by atoms with E-state index in [9.17, 15) is 9.59 Å². The number of carbonyl (C=O) groups is 2. The highest BCUT2D eigenvalue weighted by atomic mass is 16.6. The number of hydrogen-bond acceptors (Lipinski definition) is 4. The van der Waals surface area contributed by atoms with Crippen LogP contribution in [0.3, 0.4) is 0 Å². The fraction of sp³-hybridized carbons (Fsp3) is 0.905. The summed E-state index contributed by atoms with van der Waals surface area (Å²) in [7, 11) is 1.50. The largest absolute Gasteiger partial charge is 0.469 e. The van der Waals surface area contributed by atoms with E-state index in [-0.39, 0.29) is 34.9 Å². The molecule has 0 radical (unpaired) electrons. The summed E-state index contributed by atoms with van der Waals surface area (Å²) in [6.45, 7) is 10.6. The number of hydrogen-bond donors (Lipinski definition) is 0. The number of epoxide rings is 1. The van der Waals surface area contributed by atoms with Crippen molar-refractivity contribution in [1.82, 2.24) is 0 Å². The number of carbonyl (C=O) groups excluding carboxylic acids is 2. The molecule has 0 N–H and O–H groups in total. The van der Waals surface area contributed by atoms with E-state index in [1.54, 1.807) is 0 Å². The quantitative estimate of drug-likeness (QED) is 0.552. The third-order valence-corrected chi connectivity index (χ3v) is 7.87. The third-order valence-electron chi connectivity index (χ3n) is 7.87. The van der Waals surface area contributed by atoms with Crippen molar-refractivity contribution < 1.29 is 19.1 Å². The molecule has 0 unspecified atom stereocenters. The third kappa shape index (κ3) is 2.75. The van der Waals surface area contributed by atoms with E-state index in [4.69, 9.17) is 9.47 Å². The first-order chi connectivity index (χ1) is 11.6. The van der Waals surface area contributed by atoms with Crippen LogP contribution in [0.15, 0.2) is 0 Å². The molecule has 0 spiro atoms. The predicted octanol–water partition coefficient (Wildman–Crippen LogP) is 4.15. The van der Waals surface area contributed by atoms with Gasteiger partial charge in [-0.3, -0.25) is 9.59 Å². The maximum atomic E-state index is 12.6. The van der Waals surface area contributed by atoms with Gasteiger partial charge in [-0.2, -0.15) is 0 Å². The van der Waals surface area contributed by atoms with E-state index in [0.29, 0.717) is 18.1 Å². The Kier molecular flexibility index (Phi) is 4.59. The van der Waals surface area contributed by atoms with Crippen LogP contribution in [-0.2, 0) is 19.1 Å². The molecule has 142 valence electrons. The van der Waals surface area contributed by atoms with E-state index in [1.165, 1.54) is 7.11 Å². The van der Waals surface area contributed by atoms with E-state index in [2.05, 4.69) is 20.8 Å². The molecule has 1 aliphatic heterocycles. The molecule has 2 aliphatic carbocycles. The maximum absolute atomic E-state index is 12.6. The number of methoxy groups -OCH3 is 1.